The van der Waals surface area contributed by atoms with Crippen LogP contribution >= 0.6 is 11.6 Å². The standard InChI is InChI=1S/C21H21ClN4O2/c1-25-21(28)16-8-4-3-7-15(16)19(24-25)20(27)23-14-9-10-18(17(22)13-14)26-11-5-2-6-12-26/h3-4,7-10,13H,2,5-6,11-12H2,1H3,(H,23,27). The second kappa shape index (κ2) is 7.64. The molecule has 4 rings (SSSR count). The predicted molar refractivity (Wildman–Crippen MR) is 112 cm³/mol. The fourth-order valence-electron chi connectivity index (χ4n) is 3.63. The highest BCUT2D eigenvalue weighted by Gasteiger charge is 2.18. The van der Waals surface area contributed by atoms with E-state index < -0.39 is 0 Å². The van der Waals surface area contributed by atoms with Gasteiger partial charge in [-0.2, -0.15) is 5.10 Å². The summed E-state index contributed by atoms with van der Waals surface area (Å²) in [5, 5.41) is 8.61. The summed E-state index contributed by atoms with van der Waals surface area (Å²) in [5.74, 6) is -0.381. The molecular weight excluding hydrogens is 376 g/mol. The van der Waals surface area contributed by atoms with Crippen molar-refractivity contribution in [1.29, 1.82) is 0 Å². The van der Waals surface area contributed by atoms with Crippen LogP contribution in [0.1, 0.15) is 29.8 Å². The van der Waals surface area contributed by atoms with Gasteiger partial charge in [0.2, 0.25) is 0 Å². The number of nitrogens with one attached hydrogen (secondary N) is 1. The van der Waals surface area contributed by atoms with Crippen LogP contribution in [0.25, 0.3) is 10.8 Å². The van der Waals surface area contributed by atoms with Crippen molar-refractivity contribution >= 4 is 39.7 Å². The van der Waals surface area contributed by atoms with E-state index in [2.05, 4.69) is 15.3 Å². The van der Waals surface area contributed by atoms with Crippen LogP contribution in [0.5, 0.6) is 0 Å². The van der Waals surface area contributed by atoms with Crippen molar-refractivity contribution in [2.75, 3.05) is 23.3 Å². The van der Waals surface area contributed by atoms with Crippen LogP contribution in [0.4, 0.5) is 11.4 Å². The zero-order valence-corrected chi connectivity index (χ0v) is 16.4. The number of amides is 1. The molecule has 7 heteroatoms. The van der Waals surface area contributed by atoms with Gasteiger partial charge in [-0.3, -0.25) is 9.59 Å². The summed E-state index contributed by atoms with van der Waals surface area (Å²) in [6.07, 6.45) is 3.59. The Morgan fingerprint density at radius 1 is 1.07 bits per heavy atom. The smallest absolute Gasteiger partial charge is 0.276 e. The molecule has 2 aromatic carbocycles. The Morgan fingerprint density at radius 2 is 1.79 bits per heavy atom. The number of aromatic nitrogens is 2. The lowest BCUT2D eigenvalue weighted by Crippen LogP contribution is -2.29. The molecule has 0 unspecified atom stereocenters. The molecule has 0 atom stereocenters. The van der Waals surface area contributed by atoms with Crippen molar-refractivity contribution < 1.29 is 4.79 Å². The van der Waals surface area contributed by atoms with Crippen molar-refractivity contribution in [2.24, 2.45) is 7.05 Å². The van der Waals surface area contributed by atoms with E-state index in [1.165, 1.54) is 31.0 Å². The number of rotatable bonds is 3. The molecule has 1 amide bonds. The van der Waals surface area contributed by atoms with Gasteiger partial charge in [0.25, 0.3) is 11.5 Å². The van der Waals surface area contributed by atoms with Crippen LogP contribution in [0.3, 0.4) is 0 Å². The Hall–Kier alpha value is -2.86. The number of halogens is 1. The van der Waals surface area contributed by atoms with Gasteiger partial charge in [0.1, 0.15) is 0 Å². The number of piperidine rings is 1. The summed E-state index contributed by atoms with van der Waals surface area (Å²) in [5.41, 5.74) is 1.55. The van der Waals surface area contributed by atoms with Crippen molar-refractivity contribution in [1.82, 2.24) is 9.78 Å². The SMILES string of the molecule is Cn1nc(C(=O)Nc2ccc(N3CCCCC3)c(Cl)c2)c2ccccc2c1=O. The van der Waals surface area contributed by atoms with Gasteiger partial charge in [-0.25, -0.2) is 4.68 Å². The molecule has 0 bridgehead atoms. The Morgan fingerprint density at radius 3 is 2.50 bits per heavy atom. The van der Waals surface area contributed by atoms with E-state index in [9.17, 15) is 9.59 Å². The van der Waals surface area contributed by atoms with E-state index in [0.29, 0.717) is 21.5 Å². The number of fused-ring (bicyclic) bond motifs is 1. The summed E-state index contributed by atoms with van der Waals surface area (Å²) < 4.78 is 1.18. The largest absolute Gasteiger partial charge is 0.370 e. The molecule has 0 radical (unpaired) electrons. The van der Waals surface area contributed by atoms with Gasteiger partial charge < -0.3 is 10.2 Å². The predicted octanol–water partition coefficient (Wildman–Crippen LogP) is 3.83. The van der Waals surface area contributed by atoms with Gasteiger partial charge in [0, 0.05) is 31.2 Å². The minimum absolute atomic E-state index is 0.203. The molecule has 3 aromatic rings. The highest BCUT2D eigenvalue weighted by atomic mass is 35.5. The van der Waals surface area contributed by atoms with Crippen molar-refractivity contribution in [3.05, 3.63) is 63.5 Å². The molecule has 1 N–H and O–H groups in total. The topological polar surface area (TPSA) is 67.2 Å². The van der Waals surface area contributed by atoms with Crippen molar-refractivity contribution in [2.45, 2.75) is 19.3 Å². The van der Waals surface area contributed by atoms with Gasteiger partial charge in [-0.05, 0) is 43.5 Å². The molecule has 1 fully saturated rings. The molecule has 6 nitrogen and oxygen atoms in total. The molecule has 28 heavy (non-hydrogen) atoms. The molecule has 0 aliphatic carbocycles. The number of nitrogens with zero attached hydrogens (tertiary/aromatic N) is 3. The van der Waals surface area contributed by atoms with Crippen molar-refractivity contribution in [3.63, 3.8) is 0 Å². The third-order valence-electron chi connectivity index (χ3n) is 5.07. The van der Waals surface area contributed by atoms with E-state index in [-0.39, 0.29) is 17.2 Å². The molecule has 1 saturated heterocycles. The molecule has 144 valence electrons. The van der Waals surface area contributed by atoms with Gasteiger partial charge >= 0.3 is 0 Å². The van der Waals surface area contributed by atoms with Crippen LogP contribution in [-0.2, 0) is 7.05 Å². The zero-order valence-electron chi connectivity index (χ0n) is 15.6. The van der Waals surface area contributed by atoms with Gasteiger partial charge in [0.05, 0.1) is 16.1 Å². The maximum atomic E-state index is 12.8. The summed E-state index contributed by atoms with van der Waals surface area (Å²) in [4.78, 5) is 27.4. The number of carbonyl (C=O) groups is 1. The molecule has 1 aromatic heterocycles. The Labute approximate surface area is 167 Å². The second-order valence-corrected chi connectivity index (χ2v) is 7.40. The Bertz CT molecular complexity index is 1100. The molecule has 1 aliphatic rings. The number of benzene rings is 2. The van der Waals surface area contributed by atoms with Crippen LogP contribution in [-0.4, -0.2) is 28.8 Å². The highest BCUT2D eigenvalue weighted by Crippen LogP contribution is 2.31. The number of hydrogen-bond acceptors (Lipinski definition) is 4. The van der Waals surface area contributed by atoms with Crippen LogP contribution in [0.15, 0.2) is 47.3 Å². The Kier molecular flexibility index (Phi) is 5.05. The maximum absolute atomic E-state index is 12.8. The number of hydrogen-bond donors (Lipinski definition) is 1. The van der Waals surface area contributed by atoms with Crippen LogP contribution in [0.2, 0.25) is 5.02 Å². The maximum Gasteiger partial charge on any atom is 0.276 e. The van der Waals surface area contributed by atoms with E-state index in [1.54, 1.807) is 30.3 Å². The Balaban J connectivity index is 1.62. The van der Waals surface area contributed by atoms with E-state index in [4.69, 9.17) is 11.6 Å². The monoisotopic (exact) mass is 396 g/mol. The first kappa shape index (κ1) is 18.5. The van der Waals surface area contributed by atoms with E-state index in [1.807, 2.05) is 12.1 Å². The van der Waals surface area contributed by atoms with Crippen molar-refractivity contribution in [3.8, 4) is 0 Å². The summed E-state index contributed by atoms with van der Waals surface area (Å²) in [7, 11) is 1.54. The van der Waals surface area contributed by atoms with E-state index >= 15 is 0 Å². The number of carbonyl (C=O) groups excluding carboxylic acids is 1. The zero-order chi connectivity index (χ0) is 19.7. The third-order valence-corrected chi connectivity index (χ3v) is 5.38. The lowest BCUT2D eigenvalue weighted by molar-refractivity contribution is 0.102. The summed E-state index contributed by atoms with van der Waals surface area (Å²) in [6.45, 7) is 2.00. The minimum atomic E-state index is -0.381. The van der Waals surface area contributed by atoms with Crippen LogP contribution < -0.4 is 15.8 Å². The molecule has 1 aliphatic heterocycles. The second-order valence-electron chi connectivity index (χ2n) is 6.99. The summed E-state index contributed by atoms with van der Waals surface area (Å²) >= 11 is 6.48. The third kappa shape index (κ3) is 3.47. The number of anilines is 2. The van der Waals surface area contributed by atoms with Gasteiger partial charge in [-0.1, -0.05) is 29.8 Å². The van der Waals surface area contributed by atoms with Gasteiger partial charge in [-0.15, -0.1) is 0 Å². The van der Waals surface area contributed by atoms with E-state index in [0.717, 1.165) is 18.8 Å². The first-order chi connectivity index (χ1) is 13.5. The lowest BCUT2D eigenvalue weighted by atomic mass is 10.1. The lowest BCUT2D eigenvalue weighted by Gasteiger charge is -2.29. The minimum Gasteiger partial charge on any atom is -0.370 e. The normalized spacial score (nSPS) is 14.3. The average molecular weight is 397 g/mol. The average Bonchev–Trinajstić information content (AvgIpc) is 2.71. The molecule has 2 heterocycles. The first-order valence-electron chi connectivity index (χ1n) is 9.36. The molecule has 0 spiro atoms. The first-order valence-corrected chi connectivity index (χ1v) is 9.74. The quantitative estimate of drug-likeness (QED) is 0.730. The fraction of sp³-hybridized carbons (Fsp3) is 0.286. The summed E-state index contributed by atoms with van der Waals surface area (Å²) in [6, 6.07) is 12.5. The van der Waals surface area contributed by atoms with Crippen LogP contribution in [0, 0.1) is 0 Å². The molecular formula is C21H21ClN4O2. The molecule has 0 saturated carbocycles. The number of aryl methyl sites for hydroxylation is 1. The van der Waals surface area contributed by atoms with Gasteiger partial charge in [0.15, 0.2) is 5.69 Å². The highest BCUT2D eigenvalue weighted by molar-refractivity contribution is 6.33. The fourth-order valence-corrected chi connectivity index (χ4v) is 3.93.